The van der Waals surface area contributed by atoms with E-state index in [4.69, 9.17) is 0 Å². The van der Waals surface area contributed by atoms with Gasteiger partial charge in [0.05, 0.1) is 12.6 Å². The summed E-state index contributed by atoms with van der Waals surface area (Å²) in [5, 5.41) is 2.18. The standard InChI is InChI=1S/C27H37N3O2S/c1-2-3-4-8-12-25(31)28-15-9-16-29(19-18-28)26(32)21-30-17-13-24-23(14-20-33-24)27(30)22-10-6-5-7-11-22/h5-7,10-11,14,20,27H,2-4,8-9,12-13,15-19,21H2,1H3/t27-/m1/s1. The number of unbranched alkanes of at least 4 members (excludes halogenated alkanes) is 3. The number of benzene rings is 1. The van der Waals surface area contributed by atoms with Crippen molar-refractivity contribution in [3.05, 3.63) is 57.8 Å². The van der Waals surface area contributed by atoms with E-state index in [1.807, 2.05) is 27.2 Å². The minimum absolute atomic E-state index is 0.137. The normalized spacial score (nSPS) is 19.2. The molecule has 0 N–H and O–H groups in total. The summed E-state index contributed by atoms with van der Waals surface area (Å²) in [5.41, 5.74) is 2.60. The number of amides is 2. The molecule has 4 rings (SSSR count). The van der Waals surface area contributed by atoms with Gasteiger partial charge in [0.25, 0.3) is 0 Å². The fourth-order valence-corrected chi connectivity index (χ4v) is 6.02. The van der Waals surface area contributed by atoms with Gasteiger partial charge >= 0.3 is 0 Å². The Kier molecular flexibility index (Phi) is 8.57. The Balaban J connectivity index is 1.36. The maximum atomic E-state index is 13.4. The average Bonchev–Trinajstić information content (AvgIpc) is 3.17. The van der Waals surface area contributed by atoms with Crippen LogP contribution in [0.15, 0.2) is 41.8 Å². The highest BCUT2D eigenvalue weighted by molar-refractivity contribution is 7.10. The summed E-state index contributed by atoms with van der Waals surface area (Å²) < 4.78 is 0. The van der Waals surface area contributed by atoms with Gasteiger partial charge in [0, 0.05) is 44.0 Å². The van der Waals surface area contributed by atoms with Crippen molar-refractivity contribution in [3.63, 3.8) is 0 Å². The Bertz CT molecular complexity index is 913. The molecule has 0 bridgehead atoms. The molecule has 0 unspecified atom stereocenters. The zero-order valence-electron chi connectivity index (χ0n) is 19.9. The lowest BCUT2D eigenvalue weighted by atomic mass is 9.93. The molecule has 2 aliphatic heterocycles. The van der Waals surface area contributed by atoms with Crippen LogP contribution in [0.2, 0.25) is 0 Å². The second kappa shape index (κ2) is 11.8. The number of carbonyl (C=O) groups excluding carboxylic acids is 2. The van der Waals surface area contributed by atoms with E-state index in [1.165, 1.54) is 28.8 Å². The van der Waals surface area contributed by atoms with Gasteiger partial charge < -0.3 is 9.80 Å². The van der Waals surface area contributed by atoms with Gasteiger partial charge in [-0.25, -0.2) is 0 Å². The minimum Gasteiger partial charge on any atom is -0.341 e. The third-order valence-corrected chi connectivity index (χ3v) is 7.96. The molecule has 1 aromatic heterocycles. The average molecular weight is 468 g/mol. The molecule has 0 aliphatic carbocycles. The van der Waals surface area contributed by atoms with Crippen molar-refractivity contribution in [2.75, 3.05) is 39.3 Å². The van der Waals surface area contributed by atoms with E-state index in [0.29, 0.717) is 26.1 Å². The van der Waals surface area contributed by atoms with Gasteiger partial charge in [-0.2, -0.15) is 0 Å². The first-order valence-electron chi connectivity index (χ1n) is 12.6. The third-order valence-electron chi connectivity index (χ3n) is 6.96. The summed E-state index contributed by atoms with van der Waals surface area (Å²) in [4.78, 5) is 33.7. The van der Waals surface area contributed by atoms with Crippen molar-refractivity contribution >= 4 is 23.2 Å². The highest BCUT2D eigenvalue weighted by Crippen LogP contribution is 2.37. The molecule has 0 spiro atoms. The van der Waals surface area contributed by atoms with E-state index in [9.17, 15) is 9.59 Å². The fourth-order valence-electron chi connectivity index (χ4n) is 5.12. The van der Waals surface area contributed by atoms with Crippen LogP contribution in [0.25, 0.3) is 0 Å². The van der Waals surface area contributed by atoms with Crippen LogP contribution in [0, 0.1) is 0 Å². The molecule has 6 heteroatoms. The maximum Gasteiger partial charge on any atom is 0.236 e. The van der Waals surface area contributed by atoms with E-state index >= 15 is 0 Å². The number of hydrogen-bond donors (Lipinski definition) is 0. The Morgan fingerprint density at radius 3 is 2.42 bits per heavy atom. The summed E-state index contributed by atoms with van der Waals surface area (Å²) in [6, 6.07) is 12.9. The number of fused-ring (bicyclic) bond motifs is 1. The number of carbonyl (C=O) groups is 2. The topological polar surface area (TPSA) is 43.9 Å². The maximum absolute atomic E-state index is 13.4. The van der Waals surface area contributed by atoms with Gasteiger partial charge in [-0.15, -0.1) is 11.3 Å². The molecule has 0 saturated carbocycles. The Hall–Kier alpha value is -2.18. The highest BCUT2D eigenvalue weighted by atomic mass is 32.1. The summed E-state index contributed by atoms with van der Waals surface area (Å²) in [5.74, 6) is 0.442. The molecule has 2 aliphatic rings. The van der Waals surface area contributed by atoms with Gasteiger partial charge in [-0.1, -0.05) is 56.5 Å². The smallest absolute Gasteiger partial charge is 0.236 e. The highest BCUT2D eigenvalue weighted by Gasteiger charge is 2.32. The van der Waals surface area contributed by atoms with Crippen molar-refractivity contribution in [2.45, 2.75) is 57.9 Å². The molecule has 1 saturated heterocycles. The zero-order chi connectivity index (χ0) is 23.0. The van der Waals surface area contributed by atoms with Crippen molar-refractivity contribution in [1.82, 2.24) is 14.7 Å². The van der Waals surface area contributed by atoms with Crippen LogP contribution in [-0.2, 0) is 16.0 Å². The Morgan fingerprint density at radius 2 is 1.67 bits per heavy atom. The quantitative estimate of drug-likeness (QED) is 0.528. The van der Waals surface area contributed by atoms with Gasteiger partial charge in [-0.05, 0) is 41.8 Å². The number of hydrogen-bond acceptors (Lipinski definition) is 4. The predicted molar refractivity (Wildman–Crippen MR) is 134 cm³/mol. The van der Waals surface area contributed by atoms with E-state index < -0.39 is 0 Å². The summed E-state index contributed by atoms with van der Waals surface area (Å²) in [6.07, 6.45) is 7.00. The molecular formula is C27H37N3O2S. The molecule has 1 fully saturated rings. The molecule has 3 heterocycles. The molecule has 33 heavy (non-hydrogen) atoms. The van der Waals surface area contributed by atoms with E-state index in [-0.39, 0.29) is 17.9 Å². The van der Waals surface area contributed by atoms with Gasteiger partial charge in [0.15, 0.2) is 0 Å². The SMILES string of the molecule is CCCCCCC(=O)N1CCCN(C(=O)CN2CCc3sccc3[C@H]2c2ccccc2)CC1. The van der Waals surface area contributed by atoms with Crippen LogP contribution in [-0.4, -0.2) is 65.8 Å². The summed E-state index contributed by atoms with van der Waals surface area (Å²) in [6.45, 7) is 6.33. The summed E-state index contributed by atoms with van der Waals surface area (Å²) >= 11 is 1.83. The van der Waals surface area contributed by atoms with Crippen LogP contribution in [0.3, 0.4) is 0 Å². The van der Waals surface area contributed by atoms with Crippen molar-refractivity contribution in [3.8, 4) is 0 Å². The zero-order valence-corrected chi connectivity index (χ0v) is 20.7. The molecule has 1 atom stereocenters. The monoisotopic (exact) mass is 467 g/mol. The van der Waals surface area contributed by atoms with Crippen LogP contribution in [0.5, 0.6) is 0 Å². The molecule has 178 valence electrons. The van der Waals surface area contributed by atoms with E-state index in [2.05, 4.69) is 47.5 Å². The first-order valence-corrected chi connectivity index (χ1v) is 13.5. The Labute approximate surface area is 202 Å². The molecule has 5 nitrogen and oxygen atoms in total. The van der Waals surface area contributed by atoms with Crippen LogP contribution < -0.4 is 0 Å². The van der Waals surface area contributed by atoms with E-state index in [1.54, 1.807) is 0 Å². The van der Waals surface area contributed by atoms with E-state index in [0.717, 1.165) is 45.3 Å². The molecule has 1 aromatic carbocycles. The molecule has 2 amide bonds. The molecule has 2 aromatic rings. The fraction of sp³-hybridized carbons (Fsp3) is 0.556. The van der Waals surface area contributed by atoms with Crippen molar-refractivity contribution in [2.24, 2.45) is 0 Å². The van der Waals surface area contributed by atoms with Gasteiger partial charge in [-0.3, -0.25) is 14.5 Å². The van der Waals surface area contributed by atoms with Crippen LogP contribution >= 0.6 is 11.3 Å². The number of thiophene rings is 1. The minimum atomic E-state index is 0.137. The lowest BCUT2D eigenvalue weighted by molar-refractivity contribution is -0.134. The lowest BCUT2D eigenvalue weighted by Crippen LogP contribution is -2.45. The van der Waals surface area contributed by atoms with Crippen LogP contribution in [0.4, 0.5) is 0 Å². The Morgan fingerprint density at radius 1 is 0.909 bits per heavy atom. The molecule has 0 radical (unpaired) electrons. The first kappa shape index (κ1) is 24.0. The lowest BCUT2D eigenvalue weighted by Gasteiger charge is -2.37. The number of rotatable bonds is 8. The second-order valence-corrected chi connectivity index (χ2v) is 10.3. The third kappa shape index (κ3) is 6.04. The van der Waals surface area contributed by atoms with Gasteiger partial charge in [0.1, 0.15) is 0 Å². The largest absolute Gasteiger partial charge is 0.341 e. The van der Waals surface area contributed by atoms with Crippen molar-refractivity contribution < 1.29 is 9.59 Å². The van der Waals surface area contributed by atoms with Gasteiger partial charge in [0.2, 0.25) is 11.8 Å². The predicted octanol–water partition coefficient (Wildman–Crippen LogP) is 4.73. The number of nitrogens with zero attached hydrogens (tertiary/aromatic N) is 3. The first-order chi connectivity index (χ1) is 16.2. The van der Waals surface area contributed by atoms with Crippen LogP contribution in [0.1, 0.15) is 67.5 Å². The second-order valence-electron chi connectivity index (χ2n) is 9.26. The summed E-state index contributed by atoms with van der Waals surface area (Å²) in [7, 11) is 0. The van der Waals surface area contributed by atoms with Crippen molar-refractivity contribution in [1.29, 1.82) is 0 Å². The molecular weight excluding hydrogens is 430 g/mol.